The number of hydrogen-bond donors (Lipinski definition) is 1. The summed E-state index contributed by atoms with van der Waals surface area (Å²) in [7, 11) is 0. The molecular formula is C13H24O3. The average Bonchev–Trinajstić information content (AvgIpc) is 2.26. The maximum Gasteiger partial charge on any atom is 0.302 e. The van der Waals surface area contributed by atoms with Gasteiger partial charge >= 0.3 is 5.97 Å². The minimum atomic E-state index is -0.157. The zero-order valence-electron chi connectivity index (χ0n) is 10.3. The third-order valence-electron chi connectivity index (χ3n) is 3.37. The van der Waals surface area contributed by atoms with Crippen LogP contribution in [-0.2, 0) is 9.53 Å². The predicted octanol–water partition coefficient (Wildman–Crippen LogP) is 2.66. The molecule has 0 spiro atoms. The van der Waals surface area contributed by atoms with Gasteiger partial charge in [-0.1, -0.05) is 12.8 Å². The Hall–Kier alpha value is -0.570. The molecule has 0 amide bonds. The molecule has 1 aliphatic rings. The van der Waals surface area contributed by atoms with Gasteiger partial charge in [-0.05, 0) is 44.4 Å². The van der Waals surface area contributed by atoms with Crippen LogP contribution in [0.5, 0.6) is 0 Å². The Morgan fingerprint density at radius 1 is 1.12 bits per heavy atom. The van der Waals surface area contributed by atoms with Gasteiger partial charge in [0.2, 0.25) is 0 Å². The summed E-state index contributed by atoms with van der Waals surface area (Å²) in [6.07, 6.45) is 8.82. The molecule has 0 heterocycles. The van der Waals surface area contributed by atoms with Gasteiger partial charge in [0.1, 0.15) is 6.10 Å². The molecule has 1 fully saturated rings. The maximum absolute atomic E-state index is 10.9. The van der Waals surface area contributed by atoms with Gasteiger partial charge < -0.3 is 9.84 Å². The third-order valence-corrected chi connectivity index (χ3v) is 3.37. The van der Waals surface area contributed by atoms with Crippen molar-refractivity contribution < 1.29 is 14.6 Å². The Kier molecular flexibility index (Phi) is 6.46. The van der Waals surface area contributed by atoms with Gasteiger partial charge in [0.15, 0.2) is 0 Å². The molecule has 0 atom stereocenters. The van der Waals surface area contributed by atoms with Crippen LogP contribution >= 0.6 is 0 Å². The minimum absolute atomic E-state index is 0.128. The van der Waals surface area contributed by atoms with Crippen LogP contribution in [0.4, 0.5) is 0 Å². The Balaban J connectivity index is 2.32. The number of hydrogen-bond acceptors (Lipinski definition) is 3. The molecule has 0 aromatic rings. The van der Waals surface area contributed by atoms with Crippen molar-refractivity contribution in [2.45, 2.75) is 64.4 Å². The molecule has 1 aliphatic carbocycles. The molecule has 3 heteroatoms. The molecule has 0 radical (unpaired) electrons. The number of ether oxygens (including phenoxy) is 1. The topological polar surface area (TPSA) is 46.5 Å². The molecule has 1 rings (SSSR count). The molecule has 94 valence electrons. The highest BCUT2D eigenvalue weighted by atomic mass is 16.5. The highest BCUT2D eigenvalue weighted by Crippen LogP contribution is 2.22. The van der Waals surface area contributed by atoms with Gasteiger partial charge in [0, 0.05) is 13.5 Å². The van der Waals surface area contributed by atoms with Crippen LogP contribution in [0, 0.1) is 5.92 Å². The first-order valence-electron chi connectivity index (χ1n) is 6.50. The molecule has 0 bridgehead atoms. The maximum atomic E-state index is 10.9. The van der Waals surface area contributed by atoms with E-state index in [4.69, 9.17) is 4.74 Å². The lowest BCUT2D eigenvalue weighted by molar-refractivity contribution is -0.147. The van der Waals surface area contributed by atoms with E-state index in [1.807, 2.05) is 0 Å². The van der Waals surface area contributed by atoms with Crippen molar-refractivity contribution in [1.82, 2.24) is 0 Å². The van der Waals surface area contributed by atoms with Crippen molar-refractivity contribution >= 4 is 5.97 Å². The standard InChI is InChI=1S/C13H24O3/c1-11(15)16-13-8-4-2-6-12(10-14)7-3-5-9-13/h12-14H,2-10H2,1H3. The zero-order valence-corrected chi connectivity index (χ0v) is 10.3. The second-order valence-corrected chi connectivity index (χ2v) is 4.85. The van der Waals surface area contributed by atoms with Crippen LogP contribution in [0.3, 0.4) is 0 Å². The van der Waals surface area contributed by atoms with Crippen LogP contribution in [0.15, 0.2) is 0 Å². The van der Waals surface area contributed by atoms with Crippen molar-refractivity contribution in [2.75, 3.05) is 6.61 Å². The molecule has 0 aromatic heterocycles. The van der Waals surface area contributed by atoms with Gasteiger partial charge in [-0.3, -0.25) is 4.79 Å². The lowest BCUT2D eigenvalue weighted by Crippen LogP contribution is -2.18. The quantitative estimate of drug-likeness (QED) is 0.739. The van der Waals surface area contributed by atoms with Crippen LogP contribution in [0.2, 0.25) is 0 Å². The fraction of sp³-hybridized carbons (Fsp3) is 0.923. The SMILES string of the molecule is CC(=O)OC1CCCCC(CO)CCCC1. The van der Waals surface area contributed by atoms with E-state index < -0.39 is 0 Å². The Bertz CT molecular complexity index is 191. The second-order valence-electron chi connectivity index (χ2n) is 4.85. The second kappa shape index (κ2) is 7.66. The van der Waals surface area contributed by atoms with Crippen molar-refractivity contribution in [3.63, 3.8) is 0 Å². The normalized spacial score (nSPS) is 28.4. The average molecular weight is 228 g/mol. The largest absolute Gasteiger partial charge is 0.463 e. The highest BCUT2D eigenvalue weighted by molar-refractivity contribution is 5.66. The van der Waals surface area contributed by atoms with Crippen LogP contribution < -0.4 is 0 Å². The fourth-order valence-electron chi connectivity index (χ4n) is 2.43. The van der Waals surface area contributed by atoms with Crippen molar-refractivity contribution in [2.24, 2.45) is 5.92 Å². The summed E-state index contributed by atoms with van der Waals surface area (Å²) in [5, 5.41) is 9.17. The van der Waals surface area contributed by atoms with E-state index in [9.17, 15) is 9.90 Å². The highest BCUT2D eigenvalue weighted by Gasteiger charge is 2.15. The Labute approximate surface area is 98.2 Å². The first-order chi connectivity index (χ1) is 7.72. The molecule has 1 N–H and O–H groups in total. The van der Waals surface area contributed by atoms with Crippen LogP contribution in [0.25, 0.3) is 0 Å². The third kappa shape index (κ3) is 5.50. The molecule has 0 aromatic carbocycles. The summed E-state index contributed by atoms with van der Waals surface area (Å²) in [4.78, 5) is 10.9. The van der Waals surface area contributed by atoms with Gasteiger partial charge in [-0.25, -0.2) is 0 Å². The summed E-state index contributed by atoms with van der Waals surface area (Å²) in [5.41, 5.74) is 0. The van der Waals surface area contributed by atoms with Gasteiger partial charge in [0.05, 0.1) is 0 Å². The number of rotatable bonds is 2. The van der Waals surface area contributed by atoms with Crippen molar-refractivity contribution in [1.29, 1.82) is 0 Å². The minimum Gasteiger partial charge on any atom is -0.463 e. The molecular weight excluding hydrogens is 204 g/mol. The van der Waals surface area contributed by atoms with Gasteiger partial charge in [-0.15, -0.1) is 0 Å². The van der Waals surface area contributed by atoms with Crippen molar-refractivity contribution in [3.8, 4) is 0 Å². The molecule has 0 aliphatic heterocycles. The van der Waals surface area contributed by atoms with E-state index in [0.29, 0.717) is 12.5 Å². The number of carbonyl (C=O) groups is 1. The predicted molar refractivity (Wildman–Crippen MR) is 63.1 cm³/mol. The fourth-order valence-corrected chi connectivity index (χ4v) is 2.43. The Morgan fingerprint density at radius 2 is 1.62 bits per heavy atom. The number of aliphatic hydroxyl groups is 1. The number of aliphatic hydroxyl groups excluding tert-OH is 1. The Morgan fingerprint density at radius 3 is 2.06 bits per heavy atom. The van der Waals surface area contributed by atoms with Crippen molar-refractivity contribution in [3.05, 3.63) is 0 Å². The molecule has 0 saturated heterocycles. The molecule has 16 heavy (non-hydrogen) atoms. The van der Waals surface area contributed by atoms with E-state index in [1.54, 1.807) is 0 Å². The van der Waals surface area contributed by atoms with Gasteiger partial charge in [0.25, 0.3) is 0 Å². The van der Waals surface area contributed by atoms with Crippen LogP contribution in [0.1, 0.15) is 58.3 Å². The summed E-state index contributed by atoms with van der Waals surface area (Å²) < 4.78 is 5.29. The molecule has 1 saturated carbocycles. The number of carbonyl (C=O) groups excluding carboxylic acids is 1. The monoisotopic (exact) mass is 228 g/mol. The number of esters is 1. The summed E-state index contributed by atoms with van der Waals surface area (Å²) >= 11 is 0. The molecule has 0 unspecified atom stereocenters. The van der Waals surface area contributed by atoms with Crippen LogP contribution in [-0.4, -0.2) is 23.8 Å². The first kappa shape index (κ1) is 13.5. The summed E-state index contributed by atoms with van der Waals surface area (Å²) in [6, 6.07) is 0. The lowest BCUT2D eigenvalue weighted by atomic mass is 9.92. The van der Waals surface area contributed by atoms with E-state index in [0.717, 1.165) is 51.4 Å². The van der Waals surface area contributed by atoms with E-state index in [-0.39, 0.29) is 12.1 Å². The van der Waals surface area contributed by atoms with E-state index >= 15 is 0 Å². The van der Waals surface area contributed by atoms with E-state index in [1.165, 1.54) is 6.92 Å². The van der Waals surface area contributed by atoms with Gasteiger partial charge in [-0.2, -0.15) is 0 Å². The lowest BCUT2D eigenvalue weighted by Gasteiger charge is -2.21. The smallest absolute Gasteiger partial charge is 0.302 e. The van der Waals surface area contributed by atoms with E-state index in [2.05, 4.69) is 0 Å². The first-order valence-corrected chi connectivity index (χ1v) is 6.50. The summed E-state index contributed by atoms with van der Waals surface area (Å²) in [5.74, 6) is 0.334. The molecule has 3 nitrogen and oxygen atoms in total. The zero-order chi connectivity index (χ0) is 11.8. The summed E-state index contributed by atoms with van der Waals surface area (Å²) in [6.45, 7) is 1.81.